The van der Waals surface area contributed by atoms with E-state index in [1.54, 1.807) is 0 Å². The van der Waals surface area contributed by atoms with Crippen LogP contribution in [0.5, 0.6) is 5.75 Å². The highest BCUT2D eigenvalue weighted by molar-refractivity contribution is 6.30. The van der Waals surface area contributed by atoms with Crippen molar-refractivity contribution < 1.29 is 4.74 Å². The molecule has 0 saturated carbocycles. The molecule has 3 N–H and O–H groups in total. The fourth-order valence-corrected chi connectivity index (χ4v) is 1.90. The lowest BCUT2D eigenvalue weighted by Crippen LogP contribution is -2.27. The Morgan fingerprint density at radius 1 is 1.50 bits per heavy atom. The van der Waals surface area contributed by atoms with Crippen LogP contribution in [0.25, 0.3) is 0 Å². The van der Waals surface area contributed by atoms with Gasteiger partial charge in [-0.25, -0.2) is 0 Å². The van der Waals surface area contributed by atoms with E-state index in [0.29, 0.717) is 0 Å². The van der Waals surface area contributed by atoms with Crippen LogP contribution in [0.2, 0.25) is 5.02 Å². The van der Waals surface area contributed by atoms with E-state index in [-0.39, 0.29) is 6.04 Å². The molecule has 0 bridgehead atoms. The molecule has 2 rings (SSSR count). The van der Waals surface area contributed by atoms with Gasteiger partial charge in [0.1, 0.15) is 5.75 Å². The number of hydrogen-bond acceptors (Lipinski definition) is 3. The first-order valence-corrected chi connectivity index (χ1v) is 5.07. The second-order valence-electron chi connectivity index (χ2n) is 3.39. The number of nitrogens with one attached hydrogen (secondary N) is 1. The Bertz CT molecular complexity index is 330. The van der Waals surface area contributed by atoms with Crippen LogP contribution in [0.15, 0.2) is 18.2 Å². The Balaban J connectivity index is 2.40. The van der Waals surface area contributed by atoms with Crippen LogP contribution in [-0.2, 0) is 0 Å². The predicted octanol–water partition coefficient (Wildman–Crippen LogP) is 2.02. The molecule has 1 aromatic carbocycles. The van der Waals surface area contributed by atoms with Crippen LogP contribution in [-0.4, -0.2) is 6.61 Å². The Hall–Kier alpha value is -0.770. The lowest BCUT2D eigenvalue weighted by Gasteiger charge is -2.15. The zero-order valence-corrected chi connectivity index (χ0v) is 8.55. The average Bonchev–Trinajstić information content (AvgIpc) is 2.39. The second-order valence-corrected chi connectivity index (χ2v) is 3.83. The first kappa shape index (κ1) is 9.77. The highest BCUT2D eigenvalue weighted by Crippen LogP contribution is 2.32. The first-order chi connectivity index (χ1) is 6.81. The molecule has 0 saturated heterocycles. The largest absolute Gasteiger partial charge is 0.493 e. The van der Waals surface area contributed by atoms with Gasteiger partial charge in [-0.3, -0.25) is 11.3 Å². The molecule has 0 radical (unpaired) electrons. The van der Waals surface area contributed by atoms with Gasteiger partial charge < -0.3 is 4.74 Å². The first-order valence-electron chi connectivity index (χ1n) is 4.69. The number of halogens is 1. The highest BCUT2D eigenvalue weighted by Gasteiger charge is 2.18. The molecule has 0 aliphatic carbocycles. The van der Waals surface area contributed by atoms with Crippen LogP contribution < -0.4 is 16.0 Å². The Morgan fingerprint density at radius 3 is 3.14 bits per heavy atom. The van der Waals surface area contributed by atoms with E-state index in [1.807, 2.05) is 18.2 Å². The minimum absolute atomic E-state index is 0.145. The highest BCUT2D eigenvalue weighted by atomic mass is 35.5. The van der Waals surface area contributed by atoms with Crippen LogP contribution in [0, 0.1) is 0 Å². The van der Waals surface area contributed by atoms with E-state index >= 15 is 0 Å². The molecule has 76 valence electrons. The number of hydrazine groups is 1. The molecule has 4 heteroatoms. The molecule has 1 unspecified atom stereocenters. The fraction of sp³-hybridized carbons (Fsp3) is 0.400. The molecule has 1 aromatic rings. The van der Waals surface area contributed by atoms with Crippen molar-refractivity contribution in [2.75, 3.05) is 6.61 Å². The van der Waals surface area contributed by atoms with Crippen molar-refractivity contribution in [3.63, 3.8) is 0 Å². The Morgan fingerprint density at radius 2 is 2.36 bits per heavy atom. The van der Waals surface area contributed by atoms with Crippen molar-refractivity contribution in [1.82, 2.24) is 5.43 Å². The van der Waals surface area contributed by atoms with Crippen molar-refractivity contribution in [3.05, 3.63) is 28.8 Å². The minimum atomic E-state index is 0.145. The van der Waals surface area contributed by atoms with Gasteiger partial charge in [0.2, 0.25) is 0 Å². The topological polar surface area (TPSA) is 47.3 Å². The number of rotatable bonds is 1. The predicted molar refractivity (Wildman–Crippen MR) is 56.2 cm³/mol. The molecule has 1 aliphatic rings. The Labute approximate surface area is 88.2 Å². The van der Waals surface area contributed by atoms with Gasteiger partial charge in [-0.05, 0) is 31.0 Å². The van der Waals surface area contributed by atoms with Crippen LogP contribution in [0.1, 0.15) is 24.4 Å². The third-order valence-corrected chi connectivity index (χ3v) is 2.68. The SMILES string of the molecule is NNC1CCCOc2ccc(Cl)cc21. The number of ether oxygens (including phenoxy) is 1. The summed E-state index contributed by atoms with van der Waals surface area (Å²) in [5, 5.41) is 0.717. The quantitative estimate of drug-likeness (QED) is 0.553. The number of nitrogens with two attached hydrogens (primary N) is 1. The summed E-state index contributed by atoms with van der Waals surface area (Å²) >= 11 is 5.93. The summed E-state index contributed by atoms with van der Waals surface area (Å²) in [7, 11) is 0. The number of fused-ring (bicyclic) bond motifs is 1. The van der Waals surface area contributed by atoms with Gasteiger partial charge in [0.15, 0.2) is 0 Å². The molecule has 14 heavy (non-hydrogen) atoms. The molecule has 0 aromatic heterocycles. The summed E-state index contributed by atoms with van der Waals surface area (Å²) < 4.78 is 5.58. The fourth-order valence-electron chi connectivity index (χ4n) is 1.72. The number of hydrogen-bond donors (Lipinski definition) is 2. The summed E-state index contributed by atoms with van der Waals surface area (Å²) in [6.07, 6.45) is 1.98. The van der Waals surface area contributed by atoms with Crippen LogP contribution >= 0.6 is 11.6 Å². The van der Waals surface area contributed by atoms with Gasteiger partial charge in [-0.1, -0.05) is 11.6 Å². The molecule has 1 aliphatic heterocycles. The maximum absolute atomic E-state index is 5.93. The zero-order chi connectivity index (χ0) is 9.97. The minimum Gasteiger partial charge on any atom is -0.493 e. The van der Waals surface area contributed by atoms with E-state index < -0.39 is 0 Å². The van der Waals surface area contributed by atoms with Crippen molar-refractivity contribution >= 4 is 11.6 Å². The molecule has 0 fully saturated rings. The van der Waals surface area contributed by atoms with Crippen LogP contribution in [0.3, 0.4) is 0 Å². The Kier molecular flexibility index (Phi) is 2.91. The van der Waals surface area contributed by atoms with Gasteiger partial charge in [0, 0.05) is 16.6 Å². The summed E-state index contributed by atoms with van der Waals surface area (Å²) in [6, 6.07) is 5.78. The summed E-state index contributed by atoms with van der Waals surface area (Å²) in [5.74, 6) is 6.37. The lowest BCUT2D eigenvalue weighted by molar-refractivity contribution is 0.315. The van der Waals surface area contributed by atoms with Crippen molar-refractivity contribution in [1.29, 1.82) is 0 Å². The smallest absolute Gasteiger partial charge is 0.124 e. The number of benzene rings is 1. The molecule has 0 spiro atoms. The van der Waals surface area contributed by atoms with Gasteiger partial charge in [0.05, 0.1) is 6.61 Å². The van der Waals surface area contributed by atoms with Gasteiger partial charge in [0.25, 0.3) is 0 Å². The molecule has 1 atom stereocenters. The normalized spacial score (nSPS) is 20.9. The average molecular weight is 213 g/mol. The monoisotopic (exact) mass is 212 g/mol. The van der Waals surface area contributed by atoms with Crippen molar-refractivity contribution in [3.8, 4) is 5.75 Å². The van der Waals surface area contributed by atoms with E-state index in [9.17, 15) is 0 Å². The van der Waals surface area contributed by atoms with Crippen molar-refractivity contribution in [2.45, 2.75) is 18.9 Å². The third kappa shape index (κ3) is 1.85. The van der Waals surface area contributed by atoms with Crippen LogP contribution in [0.4, 0.5) is 0 Å². The molecule has 1 heterocycles. The zero-order valence-electron chi connectivity index (χ0n) is 7.79. The maximum Gasteiger partial charge on any atom is 0.124 e. The standard InChI is InChI=1S/C10H13ClN2O/c11-7-3-4-10-8(6-7)9(13-12)2-1-5-14-10/h3-4,6,9,13H,1-2,5,12H2. The molecule has 0 amide bonds. The third-order valence-electron chi connectivity index (χ3n) is 2.44. The molecular weight excluding hydrogens is 200 g/mol. The molecular formula is C10H13ClN2O. The van der Waals surface area contributed by atoms with Gasteiger partial charge >= 0.3 is 0 Å². The van der Waals surface area contributed by atoms with E-state index in [1.165, 1.54) is 0 Å². The van der Waals surface area contributed by atoms with Gasteiger partial charge in [-0.2, -0.15) is 0 Å². The maximum atomic E-state index is 5.93. The second kappa shape index (κ2) is 4.17. The van der Waals surface area contributed by atoms with Gasteiger partial charge in [-0.15, -0.1) is 0 Å². The lowest BCUT2D eigenvalue weighted by atomic mass is 10.0. The summed E-state index contributed by atoms with van der Waals surface area (Å²) in [6.45, 7) is 0.743. The van der Waals surface area contributed by atoms with Crippen molar-refractivity contribution in [2.24, 2.45) is 5.84 Å². The van der Waals surface area contributed by atoms with E-state index in [2.05, 4.69) is 5.43 Å². The summed E-state index contributed by atoms with van der Waals surface area (Å²) in [4.78, 5) is 0. The molecule has 3 nitrogen and oxygen atoms in total. The van der Waals surface area contributed by atoms with E-state index in [4.69, 9.17) is 22.2 Å². The van der Waals surface area contributed by atoms with E-state index in [0.717, 1.165) is 35.8 Å². The summed E-state index contributed by atoms with van der Waals surface area (Å²) in [5.41, 5.74) is 3.84.